The summed E-state index contributed by atoms with van der Waals surface area (Å²) in [6.07, 6.45) is 0. The summed E-state index contributed by atoms with van der Waals surface area (Å²) in [7, 11) is 0. The van der Waals surface area contributed by atoms with Crippen LogP contribution in [0.1, 0.15) is 24.2 Å². The van der Waals surface area contributed by atoms with E-state index in [1.165, 1.54) is 0 Å². The number of carbonyl (C=O) groups is 1. The van der Waals surface area contributed by atoms with Crippen LogP contribution in [0.25, 0.3) is 0 Å². The number of amides is 1. The van der Waals surface area contributed by atoms with Crippen molar-refractivity contribution in [1.29, 1.82) is 0 Å². The smallest absolute Gasteiger partial charge is 0.254 e. The van der Waals surface area contributed by atoms with E-state index in [1.54, 1.807) is 23.1 Å². The molecule has 0 aliphatic carbocycles. The summed E-state index contributed by atoms with van der Waals surface area (Å²) >= 11 is 0. The highest BCUT2D eigenvalue weighted by atomic mass is 16.5. The molecule has 17 heavy (non-hydrogen) atoms. The highest BCUT2D eigenvalue weighted by Crippen LogP contribution is 2.14. The van der Waals surface area contributed by atoms with Gasteiger partial charge >= 0.3 is 0 Å². The zero-order chi connectivity index (χ0) is 12.7. The summed E-state index contributed by atoms with van der Waals surface area (Å²) in [5.74, 6) is 0.613. The van der Waals surface area contributed by atoms with Crippen LogP contribution in [0.5, 0.6) is 5.75 Å². The van der Waals surface area contributed by atoms with Crippen molar-refractivity contribution in [1.82, 2.24) is 4.90 Å². The maximum absolute atomic E-state index is 12.1. The normalized spacial score (nSPS) is 10.1. The van der Waals surface area contributed by atoms with E-state index in [0.29, 0.717) is 31.0 Å². The van der Waals surface area contributed by atoms with Crippen molar-refractivity contribution in [3.05, 3.63) is 29.8 Å². The molecule has 4 nitrogen and oxygen atoms in total. The number of rotatable bonds is 6. The molecule has 0 atom stereocenters. The van der Waals surface area contributed by atoms with Gasteiger partial charge in [0.2, 0.25) is 0 Å². The molecule has 0 bridgehead atoms. The Morgan fingerprint density at radius 3 is 2.76 bits per heavy atom. The highest BCUT2D eigenvalue weighted by molar-refractivity contribution is 5.94. The second-order valence-corrected chi connectivity index (χ2v) is 3.57. The predicted molar refractivity (Wildman–Crippen MR) is 66.3 cm³/mol. The van der Waals surface area contributed by atoms with Crippen LogP contribution in [-0.4, -0.2) is 42.2 Å². The minimum absolute atomic E-state index is 0.0231. The largest absolute Gasteiger partial charge is 0.494 e. The lowest BCUT2D eigenvalue weighted by Crippen LogP contribution is -2.33. The third-order valence-electron chi connectivity index (χ3n) is 2.43. The molecule has 1 aromatic carbocycles. The highest BCUT2D eigenvalue weighted by Gasteiger charge is 2.13. The molecule has 0 aliphatic rings. The van der Waals surface area contributed by atoms with Gasteiger partial charge in [0, 0.05) is 18.7 Å². The van der Waals surface area contributed by atoms with Gasteiger partial charge in [-0.1, -0.05) is 6.07 Å². The van der Waals surface area contributed by atoms with Crippen LogP contribution in [0, 0.1) is 0 Å². The second kappa shape index (κ2) is 6.91. The summed E-state index contributed by atoms with van der Waals surface area (Å²) in [6.45, 7) is 5.28. The number of hydrogen-bond acceptors (Lipinski definition) is 3. The van der Waals surface area contributed by atoms with Crippen LogP contribution in [-0.2, 0) is 0 Å². The lowest BCUT2D eigenvalue weighted by molar-refractivity contribution is 0.0731. The SMILES string of the molecule is CCOc1cccc(C(=O)N(CC)CCO)c1. The number of aliphatic hydroxyl groups is 1. The first-order valence-electron chi connectivity index (χ1n) is 5.85. The van der Waals surface area contributed by atoms with E-state index in [9.17, 15) is 4.79 Å². The number of carbonyl (C=O) groups excluding carboxylic acids is 1. The van der Waals surface area contributed by atoms with Crippen molar-refractivity contribution < 1.29 is 14.6 Å². The van der Waals surface area contributed by atoms with E-state index in [4.69, 9.17) is 9.84 Å². The van der Waals surface area contributed by atoms with Gasteiger partial charge in [0.15, 0.2) is 0 Å². The van der Waals surface area contributed by atoms with Crippen molar-refractivity contribution >= 4 is 5.91 Å². The zero-order valence-corrected chi connectivity index (χ0v) is 10.3. The minimum atomic E-state index is -0.0805. The topological polar surface area (TPSA) is 49.8 Å². The molecule has 94 valence electrons. The molecule has 0 aliphatic heterocycles. The summed E-state index contributed by atoms with van der Waals surface area (Å²) < 4.78 is 5.35. The number of ether oxygens (including phenoxy) is 1. The fourth-order valence-electron chi connectivity index (χ4n) is 1.59. The Morgan fingerprint density at radius 1 is 1.41 bits per heavy atom. The lowest BCUT2D eigenvalue weighted by Gasteiger charge is -2.19. The molecule has 1 aromatic rings. The van der Waals surface area contributed by atoms with Gasteiger partial charge in [-0.3, -0.25) is 4.79 Å². The number of nitrogens with zero attached hydrogens (tertiary/aromatic N) is 1. The van der Waals surface area contributed by atoms with Crippen molar-refractivity contribution in [3.63, 3.8) is 0 Å². The third-order valence-corrected chi connectivity index (χ3v) is 2.43. The fraction of sp³-hybridized carbons (Fsp3) is 0.462. The van der Waals surface area contributed by atoms with Crippen LogP contribution in [0.3, 0.4) is 0 Å². The number of benzene rings is 1. The van der Waals surface area contributed by atoms with Gasteiger partial charge in [-0.05, 0) is 32.0 Å². The number of hydrogen-bond donors (Lipinski definition) is 1. The van der Waals surface area contributed by atoms with Crippen LogP contribution in [0.2, 0.25) is 0 Å². The first-order valence-corrected chi connectivity index (χ1v) is 5.85. The van der Waals surface area contributed by atoms with Crippen LogP contribution in [0.15, 0.2) is 24.3 Å². The molecule has 0 radical (unpaired) electrons. The zero-order valence-electron chi connectivity index (χ0n) is 10.3. The molecular formula is C13H19NO3. The van der Waals surface area contributed by atoms with Crippen molar-refractivity contribution in [2.24, 2.45) is 0 Å². The Bertz CT molecular complexity index is 365. The predicted octanol–water partition coefficient (Wildman–Crippen LogP) is 1.54. The minimum Gasteiger partial charge on any atom is -0.494 e. The fourth-order valence-corrected chi connectivity index (χ4v) is 1.59. The Morgan fingerprint density at radius 2 is 2.18 bits per heavy atom. The van der Waals surface area contributed by atoms with Crippen molar-refractivity contribution in [2.45, 2.75) is 13.8 Å². The molecule has 0 aromatic heterocycles. The van der Waals surface area contributed by atoms with E-state index in [1.807, 2.05) is 19.9 Å². The molecule has 0 heterocycles. The Hall–Kier alpha value is -1.55. The molecule has 0 unspecified atom stereocenters. The van der Waals surface area contributed by atoms with Gasteiger partial charge in [0.05, 0.1) is 13.2 Å². The third kappa shape index (κ3) is 3.75. The van der Waals surface area contributed by atoms with E-state index in [-0.39, 0.29) is 12.5 Å². The summed E-state index contributed by atoms with van der Waals surface area (Å²) in [4.78, 5) is 13.7. The van der Waals surface area contributed by atoms with Gasteiger partial charge in [0.1, 0.15) is 5.75 Å². The first-order chi connectivity index (χ1) is 8.22. The number of likely N-dealkylation sites (N-methyl/N-ethyl adjacent to an activating group) is 1. The van der Waals surface area contributed by atoms with Gasteiger partial charge in [-0.2, -0.15) is 0 Å². The second-order valence-electron chi connectivity index (χ2n) is 3.57. The maximum atomic E-state index is 12.1. The van der Waals surface area contributed by atoms with Crippen LogP contribution < -0.4 is 4.74 Å². The molecule has 1 amide bonds. The molecular weight excluding hydrogens is 218 g/mol. The molecule has 1 rings (SSSR count). The van der Waals surface area contributed by atoms with Crippen molar-refractivity contribution in [3.8, 4) is 5.75 Å². The van der Waals surface area contributed by atoms with Gasteiger partial charge in [-0.25, -0.2) is 0 Å². The van der Waals surface area contributed by atoms with E-state index >= 15 is 0 Å². The Balaban J connectivity index is 2.83. The first kappa shape index (κ1) is 13.5. The lowest BCUT2D eigenvalue weighted by atomic mass is 10.2. The molecule has 0 spiro atoms. The molecule has 4 heteroatoms. The van der Waals surface area contributed by atoms with Gasteiger partial charge in [-0.15, -0.1) is 0 Å². The van der Waals surface area contributed by atoms with Gasteiger partial charge < -0.3 is 14.7 Å². The Kier molecular flexibility index (Phi) is 5.49. The standard InChI is InChI=1S/C13H19NO3/c1-3-14(8-9-15)13(16)11-6-5-7-12(10-11)17-4-2/h5-7,10,15H,3-4,8-9H2,1-2H3. The van der Waals surface area contributed by atoms with Crippen LogP contribution >= 0.6 is 0 Å². The quantitative estimate of drug-likeness (QED) is 0.816. The maximum Gasteiger partial charge on any atom is 0.254 e. The molecule has 1 N–H and O–H groups in total. The van der Waals surface area contributed by atoms with Crippen LogP contribution in [0.4, 0.5) is 0 Å². The average molecular weight is 237 g/mol. The molecule has 0 saturated carbocycles. The van der Waals surface area contributed by atoms with Crippen molar-refractivity contribution in [2.75, 3.05) is 26.3 Å². The van der Waals surface area contributed by atoms with Gasteiger partial charge in [0.25, 0.3) is 5.91 Å². The Labute approximate surface area is 102 Å². The summed E-state index contributed by atoms with van der Waals surface area (Å²) in [6, 6.07) is 7.10. The number of aliphatic hydroxyl groups excluding tert-OH is 1. The van der Waals surface area contributed by atoms with E-state index in [2.05, 4.69) is 0 Å². The average Bonchev–Trinajstić information content (AvgIpc) is 2.36. The van der Waals surface area contributed by atoms with E-state index < -0.39 is 0 Å². The summed E-state index contributed by atoms with van der Waals surface area (Å²) in [5, 5.41) is 8.88. The summed E-state index contributed by atoms with van der Waals surface area (Å²) in [5.41, 5.74) is 0.589. The van der Waals surface area contributed by atoms with E-state index in [0.717, 1.165) is 0 Å². The molecule has 0 saturated heterocycles. The molecule has 0 fully saturated rings. The monoisotopic (exact) mass is 237 g/mol.